The smallest absolute Gasteiger partial charge is 0.543 e. The van der Waals surface area contributed by atoms with Crippen molar-refractivity contribution < 1.29 is 38.3 Å². The molecule has 1 saturated carbocycles. The summed E-state index contributed by atoms with van der Waals surface area (Å²) in [5.74, 6) is -0.362. The largest absolute Gasteiger partial charge is 1.00 e. The molecule has 0 spiro atoms. The van der Waals surface area contributed by atoms with Crippen molar-refractivity contribution in [3.63, 3.8) is 0 Å². The van der Waals surface area contributed by atoms with Gasteiger partial charge in [0.25, 0.3) is 0 Å². The molecule has 1 atom stereocenters. The van der Waals surface area contributed by atoms with Crippen LogP contribution >= 0.6 is 0 Å². The molecule has 2 aliphatic rings. The molecule has 1 aliphatic carbocycles. The zero-order valence-electron chi connectivity index (χ0n) is 16.5. The summed E-state index contributed by atoms with van der Waals surface area (Å²) in [4.78, 5) is 35.2. The summed E-state index contributed by atoms with van der Waals surface area (Å²) in [5, 5.41) is 10.8. The number of amides is 1. The molecular formula is C18H25LiN4O4. The molecule has 2 fully saturated rings. The van der Waals surface area contributed by atoms with Gasteiger partial charge < -0.3 is 24.4 Å². The number of carboxylic acid groups (broad SMARTS) is 1. The van der Waals surface area contributed by atoms with Crippen LogP contribution in [0.3, 0.4) is 0 Å². The van der Waals surface area contributed by atoms with Gasteiger partial charge in [-0.15, -0.1) is 0 Å². The molecule has 9 heteroatoms. The van der Waals surface area contributed by atoms with Crippen LogP contribution in [0.15, 0.2) is 12.4 Å². The molecule has 1 saturated heterocycles. The third kappa shape index (κ3) is 5.85. The van der Waals surface area contributed by atoms with Crippen molar-refractivity contribution in [3.8, 4) is 0 Å². The van der Waals surface area contributed by atoms with Crippen molar-refractivity contribution in [1.82, 2.24) is 14.9 Å². The number of anilines is 1. The molecule has 1 aliphatic heterocycles. The minimum absolute atomic E-state index is 0. The summed E-state index contributed by atoms with van der Waals surface area (Å²) in [5.41, 5.74) is -0.670. The van der Waals surface area contributed by atoms with Crippen LogP contribution in [0.2, 0.25) is 0 Å². The fourth-order valence-electron chi connectivity index (χ4n) is 3.14. The maximum Gasteiger partial charge on any atom is 1.00 e. The Hall–Kier alpha value is -1.78. The van der Waals surface area contributed by atoms with E-state index in [-0.39, 0.29) is 30.6 Å². The Labute approximate surface area is 171 Å². The van der Waals surface area contributed by atoms with Crippen LogP contribution in [0.25, 0.3) is 0 Å². The number of hydrogen-bond donors (Lipinski definition) is 0. The first-order valence-corrected chi connectivity index (χ1v) is 9.01. The first-order chi connectivity index (χ1) is 12.2. The molecule has 142 valence electrons. The molecule has 2 heterocycles. The van der Waals surface area contributed by atoms with E-state index < -0.39 is 11.6 Å². The van der Waals surface area contributed by atoms with E-state index in [1.54, 1.807) is 0 Å². The van der Waals surface area contributed by atoms with E-state index in [9.17, 15) is 14.7 Å². The Kier molecular flexibility index (Phi) is 6.76. The summed E-state index contributed by atoms with van der Waals surface area (Å²) in [6.45, 7) is 7.86. The zero-order valence-corrected chi connectivity index (χ0v) is 16.5. The number of carboxylic acids is 1. The van der Waals surface area contributed by atoms with Gasteiger partial charge in [0.1, 0.15) is 17.1 Å². The second-order valence-corrected chi connectivity index (χ2v) is 8.01. The average molecular weight is 368 g/mol. The van der Waals surface area contributed by atoms with E-state index in [2.05, 4.69) is 14.9 Å². The number of carbonyl (C=O) groups excluding carboxylic acids is 2. The molecule has 8 nitrogen and oxygen atoms in total. The third-order valence-electron chi connectivity index (χ3n) is 4.53. The Bertz CT molecular complexity index is 673. The van der Waals surface area contributed by atoms with Gasteiger partial charge in [-0.05, 0) is 46.0 Å². The summed E-state index contributed by atoms with van der Waals surface area (Å²) >= 11 is 0. The van der Waals surface area contributed by atoms with E-state index >= 15 is 0 Å². The Morgan fingerprint density at radius 1 is 1.26 bits per heavy atom. The zero-order chi connectivity index (χ0) is 18.9. The monoisotopic (exact) mass is 368 g/mol. The minimum Gasteiger partial charge on any atom is -0.543 e. The van der Waals surface area contributed by atoms with Crippen molar-refractivity contribution in [2.45, 2.75) is 51.7 Å². The van der Waals surface area contributed by atoms with Gasteiger partial charge in [0, 0.05) is 25.7 Å². The van der Waals surface area contributed by atoms with Gasteiger partial charge in [-0.1, -0.05) is 0 Å². The fraction of sp³-hybridized carbons (Fsp3) is 0.667. The number of carbonyl (C=O) groups is 2. The molecule has 27 heavy (non-hydrogen) atoms. The Morgan fingerprint density at radius 2 is 1.96 bits per heavy atom. The summed E-state index contributed by atoms with van der Waals surface area (Å²) in [6.07, 6.45) is 5.44. The summed E-state index contributed by atoms with van der Waals surface area (Å²) in [6, 6.07) is 0.293. The van der Waals surface area contributed by atoms with Crippen molar-refractivity contribution in [1.29, 1.82) is 0 Å². The minimum atomic E-state index is -1.33. The van der Waals surface area contributed by atoms with Gasteiger partial charge in [-0.2, -0.15) is 0 Å². The summed E-state index contributed by atoms with van der Waals surface area (Å²) in [7, 11) is 0. The van der Waals surface area contributed by atoms with Gasteiger partial charge >= 0.3 is 25.0 Å². The van der Waals surface area contributed by atoms with Crippen molar-refractivity contribution in [2.75, 3.05) is 24.5 Å². The first kappa shape index (κ1) is 21.5. The number of rotatable bonds is 5. The maximum atomic E-state index is 12.5. The van der Waals surface area contributed by atoms with Crippen molar-refractivity contribution in [3.05, 3.63) is 18.1 Å². The molecule has 1 aromatic heterocycles. The van der Waals surface area contributed by atoms with Crippen molar-refractivity contribution in [2.24, 2.45) is 5.92 Å². The van der Waals surface area contributed by atoms with Gasteiger partial charge in [0.15, 0.2) is 0 Å². The molecule has 1 amide bonds. The maximum absolute atomic E-state index is 12.5. The van der Waals surface area contributed by atoms with Crippen molar-refractivity contribution >= 4 is 17.9 Å². The standard InChI is InChI=1S/C18H26N4O4.Li/c1-18(2,3)26-17(25)22(13-4-5-13)11-12-6-7-21(10-12)15-9-19-14(8-20-15)16(23)24;/h8-9,12-13H,4-7,10-11H2,1-3H3,(H,23,24);/q;+1/p-1/t12-;/m0./s1. The van der Waals surface area contributed by atoms with Gasteiger partial charge in [0.05, 0.1) is 18.4 Å². The molecule has 0 unspecified atom stereocenters. The molecular weight excluding hydrogens is 343 g/mol. The number of aromatic nitrogens is 2. The topological polar surface area (TPSA) is 98.7 Å². The second kappa shape index (κ2) is 8.49. The van der Waals surface area contributed by atoms with Gasteiger partial charge in [-0.3, -0.25) is 0 Å². The molecule has 0 aromatic carbocycles. The fourth-order valence-corrected chi connectivity index (χ4v) is 3.14. The van der Waals surface area contributed by atoms with E-state index in [1.165, 1.54) is 12.4 Å². The van der Waals surface area contributed by atoms with Crippen LogP contribution in [0, 0.1) is 5.92 Å². The number of aromatic carboxylic acids is 1. The van der Waals surface area contributed by atoms with Gasteiger partial charge in [0.2, 0.25) is 0 Å². The first-order valence-electron chi connectivity index (χ1n) is 9.01. The molecule has 0 bridgehead atoms. The van der Waals surface area contributed by atoms with E-state index in [0.29, 0.717) is 24.3 Å². The van der Waals surface area contributed by atoms with Crippen LogP contribution in [-0.4, -0.2) is 58.2 Å². The number of nitrogens with zero attached hydrogens (tertiary/aromatic N) is 4. The summed E-state index contributed by atoms with van der Waals surface area (Å²) < 4.78 is 5.55. The van der Waals surface area contributed by atoms with Crippen LogP contribution in [0.4, 0.5) is 10.6 Å². The SMILES string of the molecule is CC(C)(C)OC(=O)N(C[C@H]1CCN(c2cnc(C(=O)[O-])cn2)C1)C1CC1.[Li+]. The molecule has 1 aromatic rings. The van der Waals surface area contributed by atoms with Crippen LogP contribution in [-0.2, 0) is 4.74 Å². The van der Waals surface area contributed by atoms with Gasteiger partial charge in [-0.25, -0.2) is 14.8 Å². The second-order valence-electron chi connectivity index (χ2n) is 8.01. The quantitative estimate of drug-likeness (QED) is 0.558. The van der Waals surface area contributed by atoms with E-state index in [0.717, 1.165) is 32.4 Å². The molecule has 0 N–H and O–H groups in total. The normalized spacial score (nSPS) is 19.4. The molecule has 3 rings (SSSR count). The number of hydrogen-bond acceptors (Lipinski definition) is 7. The van der Waals surface area contributed by atoms with E-state index in [4.69, 9.17) is 4.74 Å². The predicted molar refractivity (Wildman–Crippen MR) is 92.6 cm³/mol. The number of ether oxygens (including phenoxy) is 1. The Balaban J connectivity index is 0.00000261. The van der Waals surface area contributed by atoms with Crippen LogP contribution < -0.4 is 28.9 Å². The molecule has 0 radical (unpaired) electrons. The van der Waals surface area contributed by atoms with Crippen LogP contribution in [0.5, 0.6) is 0 Å². The van der Waals surface area contributed by atoms with Crippen LogP contribution in [0.1, 0.15) is 50.5 Å². The average Bonchev–Trinajstić information content (AvgIpc) is 3.29. The van der Waals surface area contributed by atoms with E-state index in [1.807, 2.05) is 25.7 Å². The Morgan fingerprint density at radius 3 is 2.48 bits per heavy atom. The third-order valence-corrected chi connectivity index (χ3v) is 4.53. The predicted octanol–water partition coefficient (Wildman–Crippen LogP) is -1.93.